The number of aliphatic hydroxyl groups is 1. The van der Waals surface area contributed by atoms with Crippen LogP contribution in [0.2, 0.25) is 0 Å². The molecule has 0 fully saturated rings. The number of benzene rings is 1. The molecule has 0 saturated carbocycles. The van der Waals surface area contributed by atoms with Crippen LogP contribution in [0.25, 0.3) is 0 Å². The van der Waals surface area contributed by atoms with Crippen LogP contribution >= 0.6 is 0 Å². The second-order valence-corrected chi connectivity index (χ2v) is 4.01. The number of nitrogens with zero attached hydrogens (tertiary/aromatic N) is 1. The maximum absolute atomic E-state index is 11.7. The van der Waals surface area contributed by atoms with Crippen molar-refractivity contribution in [2.45, 2.75) is 6.42 Å². The Balaban J connectivity index is 2.75. The average Bonchev–Trinajstić information content (AvgIpc) is 2.30. The molecular weight excluding hydrogens is 218 g/mol. The largest absolute Gasteiger partial charge is 0.397 e. The number of nitrogens with two attached hydrogens (primary N) is 1. The summed E-state index contributed by atoms with van der Waals surface area (Å²) >= 11 is 0. The number of nitrogen functional groups attached to an aromatic ring is 1. The van der Waals surface area contributed by atoms with Gasteiger partial charge in [-0.1, -0.05) is 0 Å². The van der Waals surface area contributed by atoms with Crippen LogP contribution in [-0.4, -0.2) is 43.2 Å². The van der Waals surface area contributed by atoms with Crippen LogP contribution in [-0.2, 0) is 0 Å². The number of anilines is 2. The first kappa shape index (κ1) is 13.3. The molecule has 0 aliphatic heterocycles. The fraction of sp³-hybridized carbons (Fsp3) is 0.417. The first-order chi connectivity index (χ1) is 8.06. The van der Waals surface area contributed by atoms with Crippen molar-refractivity contribution in [2.24, 2.45) is 0 Å². The van der Waals surface area contributed by atoms with E-state index in [0.29, 0.717) is 24.2 Å². The lowest BCUT2D eigenvalue weighted by molar-refractivity contribution is 0.0827. The zero-order valence-electron chi connectivity index (χ0n) is 10.2. The molecule has 4 N–H and O–H groups in total. The summed E-state index contributed by atoms with van der Waals surface area (Å²) in [5, 5.41) is 11.8. The quantitative estimate of drug-likeness (QED) is 0.522. The first-order valence-corrected chi connectivity index (χ1v) is 5.52. The Morgan fingerprint density at radius 1 is 1.47 bits per heavy atom. The van der Waals surface area contributed by atoms with Crippen LogP contribution in [0.1, 0.15) is 16.8 Å². The summed E-state index contributed by atoms with van der Waals surface area (Å²) in [6.45, 7) is 0.797. The minimum atomic E-state index is -0.0707. The van der Waals surface area contributed by atoms with E-state index in [2.05, 4.69) is 5.32 Å². The van der Waals surface area contributed by atoms with Gasteiger partial charge in [-0.15, -0.1) is 0 Å². The second-order valence-electron chi connectivity index (χ2n) is 4.01. The van der Waals surface area contributed by atoms with Crippen LogP contribution < -0.4 is 11.1 Å². The molecule has 0 aliphatic rings. The lowest BCUT2D eigenvalue weighted by atomic mass is 10.1. The second kappa shape index (κ2) is 6.10. The molecule has 0 aliphatic carbocycles. The van der Waals surface area contributed by atoms with Gasteiger partial charge in [0.1, 0.15) is 0 Å². The fourth-order valence-electron chi connectivity index (χ4n) is 1.42. The molecule has 0 saturated heterocycles. The van der Waals surface area contributed by atoms with Gasteiger partial charge in [0.05, 0.1) is 11.4 Å². The standard InChI is InChI=1S/C12H19N3O2/c1-15(2)12(17)9-4-5-11(10(13)8-9)14-6-3-7-16/h4-5,8,14,16H,3,6-7,13H2,1-2H3. The van der Waals surface area contributed by atoms with E-state index in [1.165, 1.54) is 4.90 Å². The van der Waals surface area contributed by atoms with E-state index in [1.807, 2.05) is 0 Å². The van der Waals surface area contributed by atoms with Gasteiger partial charge in [-0.2, -0.15) is 0 Å². The Kier molecular flexibility index (Phi) is 4.78. The van der Waals surface area contributed by atoms with Crippen LogP contribution in [0.5, 0.6) is 0 Å². The van der Waals surface area contributed by atoms with Crippen LogP contribution in [0, 0.1) is 0 Å². The molecular formula is C12H19N3O2. The van der Waals surface area contributed by atoms with Gasteiger partial charge >= 0.3 is 0 Å². The van der Waals surface area contributed by atoms with Crippen molar-refractivity contribution in [3.63, 3.8) is 0 Å². The van der Waals surface area contributed by atoms with Gasteiger partial charge in [-0.05, 0) is 24.6 Å². The van der Waals surface area contributed by atoms with Crippen molar-refractivity contribution in [2.75, 3.05) is 38.3 Å². The van der Waals surface area contributed by atoms with Crippen LogP contribution in [0.3, 0.4) is 0 Å². The van der Waals surface area contributed by atoms with E-state index in [0.717, 1.165) is 5.69 Å². The SMILES string of the molecule is CN(C)C(=O)c1ccc(NCCCO)c(N)c1. The third-order valence-corrected chi connectivity index (χ3v) is 2.36. The van der Waals surface area contributed by atoms with E-state index in [4.69, 9.17) is 10.8 Å². The van der Waals surface area contributed by atoms with E-state index < -0.39 is 0 Å². The summed E-state index contributed by atoms with van der Waals surface area (Å²) in [5.74, 6) is -0.0707. The summed E-state index contributed by atoms with van der Waals surface area (Å²) in [4.78, 5) is 13.2. The number of amides is 1. The summed E-state index contributed by atoms with van der Waals surface area (Å²) in [5.41, 5.74) is 7.74. The highest BCUT2D eigenvalue weighted by Crippen LogP contribution is 2.20. The minimum Gasteiger partial charge on any atom is -0.397 e. The first-order valence-electron chi connectivity index (χ1n) is 5.52. The number of hydrogen-bond donors (Lipinski definition) is 3. The number of carbonyl (C=O) groups excluding carboxylic acids is 1. The lowest BCUT2D eigenvalue weighted by Crippen LogP contribution is -2.21. The van der Waals surface area contributed by atoms with Gasteiger partial charge < -0.3 is 21.1 Å². The smallest absolute Gasteiger partial charge is 0.253 e. The van der Waals surface area contributed by atoms with Gasteiger partial charge in [0.15, 0.2) is 0 Å². The molecule has 0 radical (unpaired) electrons. The Bertz CT molecular complexity index is 391. The molecule has 17 heavy (non-hydrogen) atoms. The molecule has 0 heterocycles. The lowest BCUT2D eigenvalue weighted by Gasteiger charge is -2.13. The number of rotatable bonds is 5. The highest BCUT2D eigenvalue weighted by Gasteiger charge is 2.09. The minimum absolute atomic E-state index is 0.0707. The molecule has 1 aromatic rings. The molecule has 5 nitrogen and oxygen atoms in total. The van der Waals surface area contributed by atoms with E-state index in [9.17, 15) is 4.79 Å². The molecule has 94 valence electrons. The maximum Gasteiger partial charge on any atom is 0.253 e. The molecule has 0 spiro atoms. The molecule has 0 bridgehead atoms. The van der Waals surface area contributed by atoms with Gasteiger partial charge in [-0.25, -0.2) is 0 Å². The molecule has 0 atom stereocenters. The Labute approximate surface area is 101 Å². The average molecular weight is 237 g/mol. The molecule has 1 rings (SSSR count). The normalized spacial score (nSPS) is 10.1. The third kappa shape index (κ3) is 3.64. The zero-order chi connectivity index (χ0) is 12.8. The Morgan fingerprint density at radius 3 is 2.71 bits per heavy atom. The fourth-order valence-corrected chi connectivity index (χ4v) is 1.42. The predicted molar refractivity (Wildman–Crippen MR) is 69.1 cm³/mol. The van der Waals surface area contributed by atoms with Crippen LogP contribution in [0.15, 0.2) is 18.2 Å². The maximum atomic E-state index is 11.7. The highest BCUT2D eigenvalue weighted by atomic mass is 16.3. The van der Waals surface area contributed by atoms with Crippen molar-refractivity contribution in [1.29, 1.82) is 0 Å². The van der Waals surface area contributed by atoms with Crippen molar-refractivity contribution < 1.29 is 9.90 Å². The molecule has 1 aromatic carbocycles. The van der Waals surface area contributed by atoms with E-state index in [-0.39, 0.29) is 12.5 Å². The number of carbonyl (C=O) groups is 1. The van der Waals surface area contributed by atoms with Crippen LogP contribution in [0.4, 0.5) is 11.4 Å². The zero-order valence-corrected chi connectivity index (χ0v) is 10.2. The van der Waals surface area contributed by atoms with E-state index >= 15 is 0 Å². The highest BCUT2D eigenvalue weighted by molar-refractivity contribution is 5.95. The number of hydrogen-bond acceptors (Lipinski definition) is 4. The van der Waals surface area contributed by atoms with Gasteiger partial charge in [0, 0.05) is 32.8 Å². The molecule has 0 aromatic heterocycles. The summed E-state index contributed by atoms with van der Waals surface area (Å²) in [6.07, 6.45) is 0.665. The molecule has 1 amide bonds. The molecule has 0 unspecified atom stereocenters. The number of aliphatic hydroxyl groups excluding tert-OH is 1. The van der Waals surface area contributed by atoms with Gasteiger partial charge in [0.25, 0.3) is 5.91 Å². The Hall–Kier alpha value is -1.75. The number of nitrogens with one attached hydrogen (secondary N) is 1. The van der Waals surface area contributed by atoms with Crippen molar-refractivity contribution in [1.82, 2.24) is 4.90 Å². The molecule has 5 heteroatoms. The van der Waals surface area contributed by atoms with Crippen molar-refractivity contribution >= 4 is 17.3 Å². The van der Waals surface area contributed by atoms with Gasteiger partial charge in [0.2, 0.25) is 0 Å². The van der Waals surface area contributed by atoms with Crippen molar-refractivity contribution in [3.8, 4) is 0 Å². The monoisotopic (exact) mass is 237 g/mol. The third-order valence-electron chi connectivity index (χ3n) is 2.36. The summed E-state index contributed by atoms with van der Waals surface area (Å²) in [6, 6.07) is 5.17. The summed E-state index contributed by atoms with van der Waals surface area (Å²) < 4.78 is 0. The van der Waals surface area contributed by atoms with E-state index in [1.54, 1.807) is 32.3 Å². The predicted octanol–water partition coefficient (Wildman–Crippen LogP) is 0.765. The topological polar surface area (TPSA) is 78.6 Å². The van der Waals surface area contributed by atoms with Crippen molar-refractivity contribution in [3.05, 3.63) is 23.8 Å². The summed E-state index contributed by atoms with van der Waals surface area (Å²) in [7, 11) is 3.40. The van der Waals surface area contributed by atoms with Gasteiger partial charge in [-0.3, -0.25) is 4.79 Å². The Morgan fingerprint density at radius 2 is 2.18 bits per heavy atom.